The van der Waals surface area contributed by atoms with Gasteiger partial charge in [-0.3, -0.25) is 0 Å². The van der Waals surface area contributed by atoms with E-state index in [4.69, 9.17) is 14.5 Å². The number of pyridine rings is 1. The third kappa shape index (κ3) is 4.50. The van der Waals surface area contributed by atoms with Gasteiger partial charge in [0.2, 0.25) is 5.88 Å². The zero-order valence-corrected chi connectivity index (χ0v) is 22.4. The van der Waals surface area contributed by atoms with Gasteiger partial charge in [-0.2, -0.15) is 10.2 Å². The maximum atomic E-state index is 10.4. The van der Waals surface area contributed by atoms with Crippen molar-refractivity contribution >= 4 is 22.3 Å². The summed E-state index contributed by atoms with van der Waals surface area (Å²) < 4.78 is 12.1. The Bertz CT molecular complexity index is 1360. The van der Waals surface area contributed by atoms with Crippen molar-refractivity contribution in [3.05, 3.63) is 53.1 Å². The van der Waals surface area contributed by atoms with Crippen LogP contribution in [0.25, 0.3) is 10.8 Å². The normalized spacial score (nSPS) is 19.9. The molecule has 1 N–H and O–H groups in total. The summed E-state index contributed by atoms with van der Waals surface area (Å²) in [5.74, 6) is 2.34. The fourth-order valence-electron chi connectivity index (χ4n) is 6.24. The Morgan fingerprint density at radius 2 is 1.87 bits per heavy atom. The number of likely N-dealkylation sites (tertiary alicyclic amines) is 1. The van der Waals surface area contributed by atoms with Crippen molar-refractivity contribution in [2.75, 3.05) is 69.8 Å². The highest BCUT2D eigenvalue weighted by molar-refractivity contribution is 5.99. The number of rotatable bonds is 6. The number of piperazine rings is 1. The smallest absolute Gasteiger partial charge is 0.234 e. The molecule has 3 aliphatic rings. The van der Waals surface area contributed by atoms with Crippen LogP contribution in [0.5, 0.6) is 11.6 Å². The zero-order chi connectivity index (χ0) is 26.1. The van der Waals surface area contributed by atoms with Crippen molar-refractivity contribution in [2.24, 2.45) is 0 Å². The number of nitrogens with zero attached hydrogens (tertiary/aromatic N) is 5. The molecule has 8 nitrogen and oxygen atoms in total. The van der Waals surface area contributed by atoms with Crippen LogP contribution in [0.1, 0.15) is 29.5 Å². The lowest BCUT2D eigenvalue weighted by molar-refractivity contribution is 0.193. The Hall–Kier alpha value is -3.54. The van der Waals surface area contributed by atoms with Gasteiger partial charge in [0.15, 0.2) is 0 Å². The van der Waals surface area contributed by atoms with Crippen LogP contribution < -0.4 is 24.6 Å². The lowest BCUT2D eigenvalue weighted by Crippen LogP contribution is -2.45. The highest BCUT2D eigenvalue weighted by atomic mass is 16.5. The van der Waals surface area contributed by atoms with E-state index in [9.17, 15) is 5.26 Å². The van der Waals surface area contributed by atoms with E-state index >= 15 is 0 Å². The van der Waals surface area contributed by atoms with Crippen molar-refractivity contribution < 1.29 is 9.47 Å². The van der Waals surface area contributed by atoms with Crippen LogP contribution in [0.2, 0.25) is 0 Å². The van der Waals surface area contributed by atoms with E-state index in [1.807, 2.05) is 12.1 Å². The van der Waals surface area contributed by atoms with Gasteiger partial charge in [-0.05, 0) is 50.4 Å². The maximum Gasteiger partial charge on any atom is 0.234 e. The van der Waals surface area contributed by atoms with Crippen LogP contribution in [-0.4, -0.2) is 76.0 Å². The van der Waals surface area contributed by atoms with Crippen LogP contribution in [0, 0.1) is 11.3 Å². The van der Waals surface area contributed by atoms with E-state index in [0.717, 1.165) is 85.7 Å². The number of aromatic nitrogens is 1. The second kappa shape index (κ2) is 10.7. The summed E-state index contributed by atoms with van der Waals surface area (Å²) in [6.07, 6.45) is 3.13. The molecule has 0 aliphatic carbocycles. The van der Waals surface area contributed by atoms with Gasteiger partial charge in [0.1, 0.15) is 29.8 Å². The molecule has 0 bridgehead atoms. The molecule has 3 aliphatic heterocycles. The van der Waals surface area contributed by atoms with Gasteiger partial charge in [-0.15, -0.1) is 0 Å². The summed E-state index contributed by atoms with van der Waals surface area (Å²) in [7, 11) is 3.87. The third-order valence-electron chi connectivity index (χ3n) is 8.36. The van der Waals surface area contributed by atoms with Gasteiger partial charge in [-0.1, -0.05) is 24.3 Å². The van der Waals surface area contributed by atoms with E-state index in [0.29, 0.717) is 30.6 Å². The van der Waals surface area contributed by atoms with Crippen molar-refractivity contribution in [3.63, 3.8) is 0 Å². The van der Waals surface area contributed by atoms with Crippen LogP contribution >= 0.6 is 0 Å². The molecule has 6 rings (SSSR count). The molecule has 8 heteroatoms. The topological polar surface area (TPSA) is 76.9 Å². The average Bonchev–Trinajstić information content (AvgIpc) is 3.39. The molecule has 1 atom stereocenters. The molecular weight excluding hydrogens is 476 g/mol. The molecule has 0 saturated carbocycles. The van der Waals surface area contributed by atoms with Crippen LogP contribution in [0.3, 0.4) is 0 Å². The number of hydrogen-bond acceptors (Lipinski definition) is 8. The number of nitrogens with one attached hydrogen (secondary N) is 1. The van der Waals surface area contributed by atoms with Crippen molar-refractivity contribution in [1.82, 2.24) is 15.2 Å². The van der Waals surface area contributed by atoms with E-state index < -0.39 is 0 Å². The van der Waals surface area contributed by atoms with Crippen molar-refractivity contribution in [1.29, 1.82) is 5.26 Å². The summed E-state index contributed by atoms with van der Waals surface area (Å²) in [4.78, 5) is 12.1. The molecule has 4 heterocycles. The number of nitriles is 1. The molecule has 38 heavy (non-hydrogen) atoms. The predicted molar refractivity (Wildman–Crippen MR) is 150 cm³/mol. The Balaban J connectivity index is 1.41. The molecule has 0 radical (unpaired) electrons. The molecule has 3 aromatic rings. The molecule has 0 amide bonds. The first-order chi connectivity index (χ1) is 18.7. The number of ether oxygens (including phenoxy) is 2. The number of fused-ring (bicyclic) bond motifs is 2. The highest BCUT2D eigenvalue weighted by Crippen LogP contribution is 2.40. The summed E-state index contributed by atoms with van der Waals surface area (Å²) in [6.45, 7) is 6.80. The summed E-state index contributed by atoms with van der Waals surface area (Å²) >= 11 is 0. The molecule has 0 spiro atoms. The van der Waals surface area contributed by atoms with Gasteiger partial charge in [0, 0.05) is 67.5 Å². The van der Waals surface area contributed by atoms with Crippen LogP contribution in [0.4, 0.5) is 11.5 Å². The predicted octanol–water partition coefficient (Wildman–Crippen LogP) is 3.56. The van der Waals surface area contributed by atoms with Crippen molar-refractivity contribution in [2.45, 2.75) is 31.8 Å². The molecule has 198 valence electrons. The van der Waals surface area contributed by atoms with Gasteiger partial charge in [-0.25, -0.2) is 0 Å². The average molecular weight is 513 g/mol. The second-order valence-electron chi connectivity index (χ2n) is 10.5. The van der Waals surface area contributed by atoms with Gasteiger partial charge in [0.05, 0.1) is 7.11 Å². The van der Waals surface area contributed by atoms with E-state index in [1.54, 1.807) is 7.11 Å². The SMILES string of the molecule is COc1cccc2cccc(N3CCc4c(N5CCNCC5)nc(OC[C@@H]5CCCN5C)c(C#N)c4C3)c12. The molecule has 2 aromatic carbocycles. The van der Waals surface area contributed by atoms with E-state index in [1.165, 1.54) is 12.0 Å². The fourth-order valence-corrected chi connectivity index (χ4v) is 6.24. The van der Waals surface area contributed by atoms with Crippen LogP contribution in [0.15, 0.2) is 36.4 Å². The number of hydrogen-bond donors (Lipinski definition) is 1. The summed E-state index contributed by atoms with van der Waals surface area (Å²) in [6, 6.07) is 15.4. The molecule has 2 fully saturated rings. The summed E-state index contributed by atoms with van der Waals surface area (Å²) in [5.41, 5.74) is 3.95. The Labute approximate surface area is 224 Å². The number of benzene rings is 2. The van der Waals surface area contributed by atoms with E-state index in [2.05, 4.69) is 57.4 Å². The first kappa shape index (κ1) is 24.8. The first-order valence-corrected chi connectivity index (χ1v) is 13.7. The Morgan fingerprint density at radius 3 is 2.61 bits per heavy atom. The minimum Gasteiger partial charge on any atom is -0.496 e. The number of likely N-dealkylation sites (N-methyl/N-ethyl adjacent to an activating group) is 1. The maximum absolute atomic E-state index is 10.4. The molecule has 1 aromatic heterocycles. The molecular formula is C30H36N6O2. The minimum atomic E-state index is 0.363. The fraction of sp³-hybridized carbons (Fsp3) is 0.467. The zero-order valence-electron chi connectivity index (χ0n) is 22.4. The summed E-state index contributed by atoms with van der Waals surface area (Å²) in [5, 5.41) is 16.1. The highest BCUT2D eigenvalue weighted by Gasteiger charge is 2.31. The van der Waals surface area contributed by atoms with Gasteiger partial charge in [0.25, 0.3) is 0 Å². The number of methoxy groups -OCH3 is 1. The lowest BCUT2D eigenvalue weighted by atomic mass is 9.94. The van der Waals surface area contributed by atoms with Crippen LogP contribution in [-0.2, 0) is 13.0 Å². The first-order valence-electron chi connectivity index (χ1n) is 13.7. The lowest BCUT2D eigenvalue weighted by Gasteiger charge is -2.37. The second-order valence-corrected chi connectivity index (χ2v) is 10.5. The molecule has 0 unspecified atom stereocenters. The van der Waals surface area contributed by atoms with Crippen molar-refractivity contribution in [3.8, 4) is 17.7 Å². The minimum absolute atomic E-state index is 0.363. The Kier molecular flexibility index (Phi) is 6.96. The standard InChI is InChI=1S/C30H36N6O2/c1-34-14-5-8-22(34)20-38-30-24(18-31)25-19-36(15-11-23(25)29(33-30)35-16-12-32-13-17-35)26-9-3-6-21-7-4-10-27(37-2)28(21)26/h3-4,6-7,9-10,22,32H,5,8,11-17,19-20H2,1-2H3/t22-/m0/s1. The quantitative estimate of drug-likeness (QED) is 0.537. The number of anilines is 2. The third-order valence-corrected chi connectivity index (χ3v) is 8.36. The van der Waals surface area contributed by atoms with Gasteiger partial charge >= 0.3 is 0 Å². The van der Waals surface area contributed by atoms with Gasteiger partial charge < -0.3 is 29.5 Å². The van der Waals surface area contributed by atoms with E-state index in [-0.39, 0.29) is 0 Å². The molecule has 2 saturated heterocycles. The Morgan fingerprint density at radius 1 is 1.05 bits per heavy atom. The largest absolute Gasteiger partial charge is 0.496 e. The monoisotopic (exact) mass is 512 g/mol.